The highest BCUT2D eigenvalue weighted by Crippen LogP contribution is 2.36. The summed E-state index contributed by atoms with van der Waals surface area (Å²) in [4.78, 5) is 28.5. The van der Waals surface area contributed by atoms with E-state index in [0.29, 0.717) is 28.0 Å². The van der Waals surface area contributed by atoms with Crippen LogP contribution in [0.1, 0.15) is 21.6 Å². The number of carbonyl (C=O) groups is 1. The summed E-state index contributed by atoms with van der Waals surface area (Å²) in [5.74, 6) is -0.846. The lowest BCUT2D eigenvalue weighted by atomic mass is 10.0. The molecular formula is C23H21ClN4O4S. The third kappa shape index (κ3) is 4.70. The molecule has 0 aliphatic carbocycles. The predicted octanol–water partition coefficient (Wildman–Crippen LogP) is 2.85. The minimum absolute atomic E-state index is 0.0392. The third-order valence-electron chi connectivity index (χ3n) is 5.21. The average Bonchev–Trinajstić information content (AvgIpc) is 3.06. The normalized spacial score (nSPS) is 11.6. The van der Waals surface area contributed by atoms with Gasteiger partial charge in [0.15, 0.2) is 0 Å². The second-order valence-corrected chi connectivity index (χ2v) is 9.79. The number of aromatic nitrogens is 2. The van der Waals surface area contributed by atoms with Gasteiger partial charge >= 0.3 is 0 Å². The van der Waals surface area contributed by atoms with E-state index in [2.05, 4.69) is 4.98 Å². The van der Waals surface area contributed by atoms with Crippen LogP contribution in [0.5, 0.6) is 0 Å². The van der Waals surface area contributed by atoms with E-state index in [-0.39, 0.29) is 17.8 Å². The Morgan fingerprint density at radius 1 is 1.12 bits per heavy atom. The third-order valence-corrected chi connectivity index (χ3v) is 6.00. The molecule has 8 nitrogen and oxygen atoms in total. The predicted molar refractivity (Wildman–Crippen MR) is 129 cm³/mol. The number of nitrogens with one attached hydrogen (secondary N) is 2. The first kappa shape index (κ1) is 22.8. The van der Waals surface area contributed by atoms with Crippen molar-refractivity contribution in [1.29, 1.82) is 0 Å². The van der Waals surface area contributed by atoms with E-state index in [4.69, 9.17) is 17.3 Å². The summed E-state index contributed by atoms with van der Waals surface area (Å²) in [5.41, 5.74) is 8.27. The fourth-order valence-corrected chi connectivity index (χ4v) is 4.40. The van der Waals surface area contributed by atoms with E-state index in [1.54, 1.807) is 34.9 Å². The van der Waals surface area contributed by atoms with E-state index in [1.165, 1.54) is 6.20 Å². The van der Waals surface area contributed by atoms with Crippen molar-refractivity contribution in [1.82, 2.24) is 14.3 Å². The number of halogens is 1. The zero-order valence-corrected chi connectivity index (χ0v) is 19.2. The lowest BCUT2D eigenvalue weighted by molar-refractivity contribution is 0.0974. The average molecular weight is 485 g/mol. The molecule has 1 amide bonds. The van der Waals surface area contributed by atoms with E-state index in [9.17, 15) is 18.0 Å². The summed E-state index contributed by atoms with van der Waals surface area (Å²) in [6.07, 6.45) is 2.38. The number of nitrogens with two attached hydrogens (primary N) is 1. The Morgan fingerprint density at radius 2 is 1.82 bits per heavy atom. The zero-order chi connectivity index (χ0) is 23.8. The standard InChI is InChI=1S/C23H21ClN4O4S/c1-33(31,32)27-23(30)21-20(17-3-2-10-26-22(17)29)18-11-16(24)8-9-19(18)28(21)13-15-6-4-14(12-25)5-7-15/h2-11H,12-13,25H2,1H3,(H,26,29)(H,27,30). The summed E-state index contributed by atoms with van der Waals surface area (Å²) in [6.45, 7) is 0.647. The summed E-state index contributed by atoms with van der Waals surface area (Å²) >= 11 is 6.26. The molecule has 0 bridgehead atoms. The molecule has 170 valence electrons. The number of rotatable bonds is 6. The van der Waals surface area contributed by atoms with Crippen LogP contribution < -0.4 is 16.0 Å². The fraction of sp³-hybridized carbons (Fsp3) is 0.130. The molecule has 4 N–H and O–H groups in total. The van der Waals surface area contributed by atoms with Crippen LogP contribution in [0.4, 0.5) is 0 Å². The minimum atomic E-state index is -3.86. The molecule has 0 saturated carbocycles. The van der Waals surface area contributed by atoms with Crippen molar-refractivity contribution in [3.05, 3.63) is 93.0 Å². The van der Waals surface area contributed by atoms with E-state index < -0.39 is 21.5 Å². The van der Waals surface area contributed by atoms with Crippen molar-refractivity contribution in [2.24, 2.45) is 5.73 Å². The Morgan fingerprint density at radius 3 is 2.45 bits per heavy atom. The molecule has 4 aromatic rings. The summed E-state index contributed by atoms with van der Waals surface area (Å²) in [7, 11) is -3.86. The highest BCUT2D eigenvalue weighted by molar-refractivity contribution is 7.89. The van der Waals surface area contributed by atoms with Crippen molar-refractivity contribution in [3.8, 4) is 11.1 Å². The fourth-order valence-electron chi connectivity index (χ4n) is 3.80. The molecule has 0 spiro atoms. The first-order valence-electron chi connectivity index (χ1n) is 9.98. The zero-order valence-electron chi connectivity index (χ0n) is 17.6. The van der Waals surface area contributed by atoms with Crippen LogP contribution in [0.15, 0.2) is 65.6 Å². The number of sulfonamides is 1. The van der Waals surface area contributed by atoms with Crippen LogP contribution in [0.25, 0.3) is 22.0 Å². The molecule has 10 heteroatoms. The summed E-state index contributed by atoms with van der Waals surface area (Å²) in [5, 5.41) is 0.965. The van der Waals surface area contributed by atoms with Crippen molar-refractivity contribution in [2.75, 3.05) is 6.26 Å². The number of hydrogen-bond acceptors (Lipinski definition) is 5. The quantitative estimate of drug-likeness (QED) is 0.388. The van der Waals surface area contributed by atoms with Crippen LogP contribution in [0.2, 0.25) is 5.02 Å². The number of H-pyrrole nitrogens is 1. The number of carbonyl (C=O) groups excluding carboxylic acids is 1. The molecule has 2 aromatic carbocycles. The maximum atomic E-state index is 13.3. The van der Waals surface area contributed by atoms with Gasteiger partial charge in [0.05, 0.1) is 6.26 Å². The van der Waals surface area contributed by atoms with Gasteiger partial charge in [-0.05, 0) is 41.5 Å². The van der Waals surface area contributed by atoms with Crippen LogP contribution in [-0.4, -0.2) is 30.1 Å². The number of fused-ring (bicyclic) bond motifs is 1. The minimum Gasteiger partial charge on any atom is -0.331 e. The van der Waals surface area contributed by atoms with Crippen LogP contribution in [0, 0.1) is 0 Å². The van der Waals surface area contributed by atoms with Crippen molar-refractivity contribution in [3.63, 3.8) is 0 Å². The van der Waals surface area contributed by atoms with Gasteiger partial charge in [-0.1, -0.05) is 35.9 Å². The van der Waals surface area contributed by atoms with E-state index in [1.807, 2.05) is 29.0 Å². The first-order valence-corrected chi connectivity index (χ1v) is 12.2. The number of pyridine rings is 1. The van der Waals surface area contributed by atoms with Crippen LogP contribution in [-0.2, 0) is 23.1 Å². The Bertz CT molecular complexity index is 1520. The topological polar surface area (TPSA) is 127 Å². The molecule has 0 atom stereocenters. The molecule has 0 saturated heterocycles. The number of aromatic amines is 1. The van der Waals surface area contributed by atoms with Crippen molar-refractivity contribution >= 4 is 38.4 Å². The lowest BCUT2D eigenvalue weighted by Gasteiger charge is -2.13. The van der Waals surface area contributed by atoms with E-state index >= 15 is 0 Å². The Balaban J connectivity index is 2.04. The van der Waals surface area contributed by atoms with Gasteiger partial charge in [-0.3, -0.25) is 9.59 Å². The van der Waals surface area contributed by atoms with Gasteiger partial charge in [0.2, 0.25) is 10.0 Å². The molecule has 0 unspecified atom stereocenters. The van der Waals surface area contributed by atoms with Gasteiger partial charge in [-0.2, -0.15) is 0 Å². The largest absolute Gasteiger partial charge is 0.331 e. The molecular weight excluding hydrogens is 464 g/mol. The van der Waals surface area contributed by atoms with E-state index in [0.717, 1.165) is 17.4 Å². The van der Waals surface area contributed by atoms with Crippen molar-refractivity contribution in [2.45, 2.75) is 13.1 Å². The van der Waals surface area contributed by atoms with Gasteiger partial charge in [-0.25, -0.2) is 13.1 Å². The molecule has 0 fully saturated rings. The molecule has 0 aliphatic rings. The Labute approximate surface area is 195 Å². The summed E-state index contributed by atoms with van der Waals surface area (Å²) < 4.78 is 27.5. The second kappa shape index (κ2) is 8.86. The van der Waals surface area contributed by atoms with Gasteiger partial charge in [0.25, 0.3) is 11.5 Å². The molecule has 2 heterocycles. The SMILES string of the molecule is CS(=O)(=O)NC(=O)c1c(-c2ccc[nH]c2=O)c2cc(Cl)ccc2n1Cc1ccc(CN)cc1. The van der Waals surface area contributed by atoms with Crippen LogP contribution >= 0.6 is 11.6 Å². The first-order chi connectivity index (χ1) is 15.7. The highest BCUT2D eigenvalue weighted by Gasteiger charge is 2.27. The number of benzene rings is 2. The number of amides is 1. The molecule has 33 heavy (non-hydrogen) atoms. The lowest BCUT2D eigenvalue weighted by Crippen LogP contribution is -2.31. The summed E-state index contributed by atoms with van der Waals surface area (Å²) in [6, 6.07) is 15.8. The van der Waals surface area contributed by atoms with Crippen molar-refractivity contribution < 1.29 is 13.2 Å². The molecule has 4 rings (SSSR count). The number of nitrogens with zero attached hydrogens (tertiary/aromatic N) is 1. The van der Waals surface area contributed by atoms with Gasteiger partial charge in [0.1, 0.15) is 5.69 Å². The van der Waals surface area contributed by atoms with Gasteiger partial charge in [-0.15, -0.1) is 0 Å². The molecule has 0 aliphatic heterocycles. The maximum absolute atomic E-state index is 13.3. The van der Waals surface area contributed by atoms with Gasteiger partial charge in [0, 0.05) is 46.3 Å². The smallest absolute Gasteiger partial charge is 0.282 e. The highest BCUT2D eigenvalue weighted by atomic mass is 35.5. The molecule has 2 aromatic heterocycles. The monoisotopic (exact) mass is 484 g/mol. The number of hydrogen-bond donors (Lipinski definition) is 3. The van der Waals surface area contributed by atoms with Crippen LogP contribution in [0.3, 0.4) is 0 Å². The Kier molecular flexibility index (Phi) is 6.11. The molecule has 0 radical (unpaired) electrons. The maximum Gasteiger partial charge on any atom is 0.282 e. The van der Waals surface area contributed by atoms with Gasteiger partial charge < -0.3 is 15.3 Å². The Hall–Kier alpha value is -3.40. The second-order valence-electron chi connectivity index (χ2n) is 7.61.